The molecule has 0 unspecified atom stereocenters. The van der Waals surface area contributed by atoms with Gasteiger partial charge in [0.2, 0.25) is 0 Å². The van der Waals surface area contributed by atoms with Crippen LogP contribution < -0.4 is 0 Å². The first-order chi connectivity index (χ1) is 6.86. The fourth-order valence-corrected chi connectivity index (χ4v) is 1.54. The van der Waals surface area contributed by atoms with Crippen LogP contribution in [0.3, 0.4) is 0 Å². The van der Waals surface area contributed by atoms with Gasteiger partial charge >= 0.3 is 0 Å². The lowest BCUT2D eigenvalue weighted by atomic mass is 9.84. The van der Waals surface area contributed by atoms with E-state index in [1.54, 1.807) is 18.4 Å². The number of hydrogen-bond acceptors (Lipinski definition) is 4. The minimum atomic E-state index is -0.435. The molecule has 2 rings (SSSR count). The summed E-state index contributed by atoms with van der Waals surface area (Å²) in [6, 6.07) is 3.57. The van der Waals surface area contributed by atoms with Gasteiger partial charge < -0.3 is 4.42 Å². The van der Waals surface area contributed by atoms with Crippen molar-refractivity contribution >= 4 is 5.84 Å². The van der Waals surface area contributed by atoms with E-state index >= 15 is 0 Å². The molecule has 15 heavy (non-hydrogen) atoms. The van der Waals surface area contributed by atoms with Crippen LogP contribution >= 0.6 is 0 Å². The molecule has 1 aliphatic rings. The number of nitrogens with zero attached hydrogens (tertiary/aromatic N) is 2. The Morgan fingerprint density at radius 1 is 1.33 bits per heavy atom. The van der Waals surface area contributed by atoms with E-state index < -0.39 is 5.54 Å². The van der Waals surface area contributed by atoms with Crippen LogP contribution in [-0.2, 0) is 0 Å². The molecule has 1 aliphatic heterocycles. The van der Waals surface area contributed by atoms with Gasteiger partial charge in [0, 0.05) is 0 Å². The molecule has 4 heteroatoms. The number of furan rings is 1. The second-order valence-electron chi connectivity index (χ2n) is 4.84. The molecule has 1 N–H and O–H groups in total. The van der Waals surface area contributed by atoms with E-state index in [2.05, 4.69) is 4.99 Å². The Kier molecular flexibility index (Phi) is 1.95. The van der Waals surface area contributed by atoms with Crippen LogP contribution in [0.1, 0.15) is 33.5 Å². The quantitative estimate of drug-likeness (QED) is 0.770. The molecular weight excluding hydrogens is 192 g/mol. The molecule has 1 aromatic heterocycles. The molecule has 0 radical (unpaired) electrons. The lowest BCUT2D eigenvalue weighted by molar-refractivity contribution is -0.0999. The van der Waals surface area contributed by atoms with Crippen LogP contribution in [0.2, 0.25) is 0 Å². The smallest absolute Gasteiger partial charge is 0.192 e. The number of hydroxylamine groups is 2. The normalized spacial score (nSPS) is 23.0. The molecule has 0 bridgehead atoms. The third-order valence-corrected chi connectivity index (χ3v) is 3.35. The van der Waals surface area contributed by atoms with Crippen molar-refractivity contribution in [3.8, 4) is 0 Å². The Labute approximate surface area is 89.2 Å². The second-order valence-corrected chi connectivity index (χ2v) is 4.84. The zero-order chi connectivity index (χ0) is 11.3. The second kappa shape index (κ2) is 2.85. The molecule has 0 saturated carbocycles. The van der Waals surface area contributed by atoms with Gasteiger partial charge in [0.1, 0.15) is 0 Å². The van der Waals surface area contributed by atoms with E-state index in [9.17, 15) is 5.21 Å². The van der Waals surface area contributed by atoms with Gasteiger partial charge in [0.15, 0.2) is 11.6 Å². The number of amidine groups is 1. The standard InChI is InChI=1S/C11H16N2O2/c1-10(2)11(3,4)13(14)9(12-10)8-6-5-7-15-8/h5-7,14H,1-4H3. The SMILES string of the molecule is CC1(C)N=C(c2ccco2)N(O)C1(C)C. The molecule has 0 atom stereocenters. The van der Waals surface area contributed by atoms with Gasteiger partial charge in [0.25, 0.3) is 0 Å². The summed E-state index contributed by atoms with van der Waals surface area (Å²) in [5.74, 6) is 1.09. The zero-order valence-corrected chi connectivity index (χ0v) is 9.48. The molecule has 1 aromatic rings. The van der Waals surface area contributed by atoms with Crippen LogP contribution in [0.25, 0.3) is 0 Å². The Morgan fingerprint density at radius 3 is 2.40 bits per heavy atom. The van der Waals surface area contributed by atoms with E-state index in [-0.39, 0.29) is 5.54 Å². The fraction of sp³-hybridized carbons (Fsp3) is 0.545. The third-order valence-electron chi connectivity index (χ3n) is 3.35. The van der Waals surface area contributed by atoms with Crippen LogP contribution in [0.15, 0.2) is 27.8 Å². The Hall–Kier alpha value is -1.29. The van der Waals surface area contributed by atoms with Crippen molar-refractivity contribution in [2.45, 2.75) is 38.8 Å². The molecule has 0 amide bonds. The van der Waals surface area contributed by atoms with Gasteiger partial charge in [-0.15, -0.1) is 0 Å². The van der Waals surface area contributed by atoms with Gasteiger partial charge in [-0.2, -0.15) is 0 Å². The number of rotatable bonds is 1. The molecule has 0 aliphatic carbocycles. The molecule has 0 aromatic carbocycles. The third kappa shape index (κ3) is 1.28. The van der Waals surface area contributed by atoms with Crippen LogP contribution in [-0.4, -0.2) is 27.2 Å². The Morgan fingerprint density at radius 2 is 2.00 bits per heavy atom. The number of hydrogen-bond donors (Lipinski definition) is 1. The maximum atomic E-state index is 10.1. The van der Waals surface area contributed by atoms with Crippen LogP contribution in [0.5, 0.6) is 0 Å². The summed E-state index contributed by atoms with van der Waals surface area (Å²) in [5, 5.41) is 11.3. The van der Waals surface area contributed by atoms with E-state index in [0.717, 1.165) is 0 Å². The molecule has 0 saturated heterocycles. The van der Waals surface area contributed by atoms with Crippen molar-refractivity contribution in [1.29, 1.82) is 0 Å². The van der Waals surface area contributed by atoms with E-state index in [4.69, 9.17) is 4.42 Å². The minimum absolute atomic E-state index is 0.343. The highest BCUT2D eigenvalue weighted by molar-refractivity contribution is 5.97. The summed E-state index contributed by atoms with van der Waals surface area (Å²) in [7, 11) is 0. The summed E-state index contributed by atoms with van der Waals surface area (Å²) >= 11 is 0. The topological polar surface area (TPSA) is 49.0 Å². The van der Waals surface area contributed by atoms with Crippen molar-refractivity contribution < 1.29 is 9.62 Å². The van der Waals surface area contributed by atoms with Gasteiger partial charge in [-0.25, -0.2) is 5.06 Å². The Balaban J connectivity index is 2.46. The van der Waals surface area contributed by atoms with Gasteiger partial charge in [-0.3, -0.25) is 10.2 Å². The summed E-state index contributed by atoms with van der Waals surface area (Å²) in [6.07, 6.45) is 1.57. The van der Waals surface area contributed by atoms with Crippen molar-refractivity contribution in [1.82, 2.24) is 5.06 Å². The first kappa shape index (κ1) is 10.2. The Bertz CT molecular complexity index is 391. The monoisotopic (exact) mass is 208 g/mol. The van der Waals surface area contributed by atoms with Crippen molar-refractivity contribution in [2.24, 2.45) is 4.99 Å². The van der Waals surface area contributed by atoms with Gasteiger partial charge in [0.05, 0.1) is 17.3 Å². The average Bonchev–Trinajstić information content (AvgIpc) is 2.69. The lowest BCUT2D eigenvalue weighted by Crippen LogP contribution is -2.51. The van der Waals surface area contributed by atoms with Gasteiger partial charge in [-0.05, 0) is 39.8 Å². The van der Waals surface area contributed by atoms with Crippen LogP contribution in [0.4, 0.5) is 0 Å². The minimum Gasteiger partial charge on any atom is -0.461 e. The predicted octanol–water partition coefficient (Wildman–Crippen LogP) is 2.29. The summed E-state index contributed by atoms with van der Waals surface area (Å²) in [4.78, 5) is 4.50. The molecular formula is C11H16N2O2. The molecule has 0 fully saturated rings. The first-order valence-electron chi connectivity index (χ1n) is 4.99. The molecule has 0 spiro atoms. The molecule has 82 valence electrons. The summed E-state index contributed by atoms with van der Waals surface area (Å²) in [6.45, 7) is 7.89. The average molecular weight is 208 g/mol. The fourth-order valence-electron chi connectivity index (χ4n) is 1.54. The van der Waals surface area contributed by atoms with E-state index in [1.807, 2.05) is 27.7 Å². The summed E-state index contributed by atoms with van der Waals surface area (Å²) < 4.78 is 5.24. The number of aliphatic imine (C=N–C) groups is 1. The van der Waals surface area contributed by atoms with Crippen molar-refractivity contribution in [3.05, 3.63) is 24.2 Å². The predicted molar refractivity (Wildman–Crippen MR) is 57.0 cm³/mol. The highest BCUT2D eigenvalue weighted by Gasteiger charge is 2.49. The van der Waals surface area contributed by atoms with Gasteiger partial charge in [-0.1, -0.05) is 0 Å². The summed E-state index contributed by atoms with van der Waals surface area (Å²) in [5.41, 5.74) is -0.779. The maximum Gasteiger partial charge on any atom is 0.192 e. The maximum absolute atomic E-state index is 10.1. The van der Waals surface area contributed by atoms with E-state index in [0.29, 0.717) is 11.6 Å². The zero-order valence-electron chi connectivity index (χ0n) is 9.48. The van der Waals surface area contributed by atoms with Crippen LogP contribution in [0, 0.1) is 0 Å². The largest absolute Gasteiger partial charge is 0.461 e. The highest BCUT2D eigenvalue weighted by Crippen LogP contribution is 2.37. The van der Waals surface area contributed by atoms with Crippen molar-refractivity contribution in [2.75, 3.05) is 0 Å². The lowest BCUT2D eigenvalue weighted by Gasteiger charge is -2.36. The van der Waals surface area contributed by atoms with E-state index in [1.165, 1.54) is 5.06 Å². The van der Waals surface area contributed by atoms with Crippen molar-refractivity contribution in [3.63, 3.8) is 0 Å². The first-order valence-corrected chi connectivity index (χ1v) is 4.99. The highest BCUT2D eigenvalue weighted by atomic mass is 16.5. The molecule has 4 nitrogen and oxygen atoms in total. The molecule has 2 heterocycles.